The molecule has 154 valence electrons. The Morgan fingerprint density at radius 1 is 0.793 bits per heavy atom. The van der Waals surface area contributed by atoms with Crippen molar-refractivity contribution in [2.45, 2.75) is 20.8 Å². The molecule has 0 aliphatic carbocycles. The van der Waals surface area contributed by atoms with Crippen LogP contribution in [-0.2, 0) is 4.79 Å². The first-order valence-corrected chi connectivity index (χ1v) is 10.4. The molecule has 7 nitrogen and oxygen atoms in total. The van der Waals surface area contributed by atoms with Crippen LogP contribution in [0.15, 0.2) is 24.3 Å². The number of anilines is 3. The Morgan fingerprint density at radius 3 is 1.93 bits per heavy atom. The number of amides is 1. The lowest BCUT2D eigenvalue weighted by Crippen LogP contribution is -2.47. The lowest BCUT2D eigenvalue weighted by molar-refractivity contribution is -0.118. The van der Waals surface area contributed by atoms with E-state index in [0.717, 1.165) is 76.2 Å². The van der Waals surface area contributed by atoms with Gasteiger partial charge in [0.1, 0.15) is 17.5 Å². The minimum absolute atomic E-state index is 0.746. The second-order valence-corrected chi connectivity index (χ2v) is 7.95. The van der Waals surface area contributed by atoms with Gasteiger partial charge in [0.2, 0.25) is 6.41 Å². The largest absolute Gasteiger partial charge is 0.368 e. The summed E-state index contributed by atoms with van der Waals surface area (Å²) in [4.78, 5) is 29.2. The molecule has 4 rings (SSSR count). The van der Waals surface area contributed by atoms with Crippen LogP contribution in [0.3, 0.4) is 0 Å². The molecule has 2 aliphatic rings. The van der Waals surface area contributed by atoms with Crippen molar-refractivity contribution in [1.82, 2.24) is 14.9 Å². The van der Waals surface area contributed by atoms with Crippen molar-refractivity contribution >= 4 is 23.7 Å². The normalized spacial score (nSPS) is 17.6. The average Bonchev–Trinajstić information content (AvgIpc) is 2.75. The van der Waals surface area contributed by atoms with E-state index in [-0.39, 0.29) is 0 Å². The molecule has 0 radical (unpaired) electrons. The van der Waals surface area contributed by atoms with E-state index in [4.69, 9.17) is 4.98 Å². The number of piperazine rings is 2. The van der Waals surface area contributed by atoms with Gasteiger partial charge in [-0.1, -0.05) is 12.1 Å². The van der Waals surface area contributed by atoms with Crippen molar-refractivity contribution in [1.29, 1.82) is 0 Å². The van der Waals surface area contributed by atoms with Gasteiger partial charge in [-0.2, -0.15) is 0 Å². The maximum atomic E-state index is 11.0. The Morgan fingerprint density at radius 2 is 1.34 bits per heavy atom. The quantitative estimate of drug-likeness (QED) is 0.740. The van der Waals surface area contributed by atoms with Crippen LogP contribution in [0.5, 0.6) is 0 Å². The summed E-state index contributed by atoms with van der Waals surface area (Å²) in [5.41, 5.74) is 4.06. The molecule has 29 heavy (non-hydrogen) atoms. The Hall–Kier alpha value is -2.83. The number of aryl methyl sites for hydroxylation is 2. The van der Waals surface area contributed by atoms with E-state index < -0.39 is 0 Å². The van der Waals surface area contributed by atoms with Crippen molar-refractivity contribution in [3.63, 3.8) is 0 Å². The van der Waals surface area contributed by atoms with E-state index >= 15 is 0 Å². The van der Waals surface area contributed by atoms with Crippen LogP contribution < -0.4 is 14.7 Å². The summed E-state index contributed by atoms with van der Waals surface area (Å²) in [5.74, 6) is 2.77. The van der Waals surface area contributed by atoms with Gasteiger partial charge in [-0.15, -0.1) is 0 Å². The number of carbonyl (C=O) groups excluding carboxylic acids is 1. The Kier molecular flexibility index (Phi) is 5.56. The van der Waals surface area contributed by atoms with E-state index in [2.05, 4.69) is 57.8 Å². The van der Waals surface area contributed by atoms with Crippen LogP contribution in [0.2, 0.25) is 0 Å². The van der Waals surface area contributed by atoms with E-state index in [1.165, 1.54) is 16.8 Å². The van der Waals surface area contributed by atoms with Gasteiger partial charge in [0, 0.05) is 64.1 Å². The van der Waals surface area contributed by atoms with Crippen molar-refractivity contribution < 1.29 is 4.79 Å². The van der Waals surface area contributed by atoms with E-state index in [1.54, 1.807) is 0 Å². The number of aromatic nitrogens is 2. The molecule has 0 bridgehead atoms. The lowest BCUT2D eigenvalue weighted by atomic mass is 10.1. The van der Waals surface area contributed by atoms with Crippen molar-refractivity contribution in [2.24, 2.45) is 0 Å². The summed E-state index contributed by atoms with van der Waals surface area (Å²) >= 11 is 0. The van der Waals surface area contributed by atoms with Crippen LogP contribution in [0.25, 0.3) is 0 Å². The molecule has 2 saturated heterocycles. The number of carbonyl (C=O) groups is 1. The molecule has 0 atom stereocenters. The molecule has 1 aromatic carbocycles. The minimum Gasteiger partial charge on any atom is -0.368 e. The standard InChI is InChI=1S/C22H30N6O/c1-17-5-4-6-20(18(17)2)26-11-13-28(14-12-26)22-15-21(23-19(3)24-22)27-9-7-25(16-29)8-10-27/h4-6,15-16H,7-14H2,1-3H3. The molecule has 1 amide bonds. The Bertz CT molecular complexity index is 870. The molecule has 7 heteroatoms. The highest BCUT2D eigenvalue weighted by Crippen LogP contribution is 2.26. The highest BCUT2D eigenvalue weighted by Gasteiger charge is 2.22. The van der Waals surface area contributed by atoms with Crippen LogP contribution in [0.1, 0.15) is 17.0 Å². The van der Waals surface area contributed by atoms with Crippen LogP contribution in [-0.4, -0.2) is 73.6 Å². The monoisotopic (exact) mass is 394 g/mol. The Labute approximate surface area is 172 Å². The number of hydrogen-bond acceptors (Lipinski definition) is 6. The molecule has 2 fully saturated rings. The van der Waals surface area contributed by atoms with Crippen LogP contribution in [0.4, 0.5) is 17.3 Å². The average molecular weight is 395 g/mol. The molecule has 1 aromatic heterocycles. The number of nitrogens with zero attached hydrogens (tertiary/aromatic N) is 6. The zero-order valence-corrected chi connectivity index (χ0v) is 17.6. The van der Waals surface area contributed by atoms with Gasteiger partial charge in [-0.3, -0.25) is 4.79 Å². The van der Waals surface area contributed by atoms with Crippen molar-refractivity contribution in [3.8, 4) is 0 Å². The van der Waals surface area contributed by atoms with E-state index in [1.807, 2.05) is 11.8 Å². The van der Waals surface area contributed by atoms with Gasteiger partial charge in [0.05, 0.1) is 0 Å². The highest BCUT2D eigenvalue weighted by atomic mass is 16.1. The van der Waals surface area contributed by atoms with Crippen molar-refractivity contribution in [2.75, 3.05) is 67.1 Å². The van der Waals surface area contributed by atoms with E-state index in [0.29, 0.717) is 0 Å². The third kappa shape index (κ3) is 4.13. The first kappa shape index (κ1) is 19.5. The second kappa shape index (κ2) is 8.27. The number of hydrogen-bond donors (Lipinski definition) is 0. The van der Waals surface area contributed by atoms with Gasteiger partial charge in [-0.05, 0) is 38.0 Å². The summed E-state index contributed by atoms with van der Waals surface area (Å²) in [7, 11) is 0. The first-order chi connectivity index (χ1) is 14.0. The summed E-state index contributed by atoms with van der Waals surface area (Å²) in [6, 6.07) is 8.66. The van der Waals surface area contributed by atoms with Gasteiger partial charge >= 0.3 is 0 Å². The summed E-state index contributed by atoms with van der Waals surface area (Å²) in [5, 5.41) is 0. The second-order valence-electron chi connectivity index (χ2n) is 7.95. The van der Waals surface area contributed by atoms with E-state index in [9.17, 15) is 4.79 Å². The van der Waals surface area contributed by atoms with Gasteiger partial charge in [0.25, 0.3) is 0 Å². The number of benzene rings is 1. The predicted octanol–water partition coefficient (Wildman–Crippen LogP) is 2.01. The smallest absolute Gasteiger partial charge is 0.209 e. The molecule has 3 heterocycles. The summed E-state index contributed by atoms with van der Waals surface area (Å²) in [6.07, 6.45) is 0.934. The molecule has 0 saturated carbocycles. The maximum absolute atomic E-state index is 11.0. The first-order valence-electron chi connectivity index (χ1n) is 10.4. The van der Waals surface area contributed by atoms with Crippen LogP contribution >= 0.6 is 0 Å². The highest BCUT2D eigenvalue weighted by molar-refractivity contribution is 5.58. The molecule has 0 unspecified atom stereocenters. The fourth-order valence-electron chi connectivity index (χ4n) is 4.17. The van der Waals surface area contributed by atoms with Crippen LogP contribution in [0, 0.1) is 20.8 Å². The molecular weight excluding hydrogens is 364 g/mol. The minimum atomic E-state index is 0.746. The van der Waals surface area contributed by atoms with Gasteiger partial charge in [0.15, 0.2) is 0 Å². The van der Waals surface area contributed by atoms with Gasteiger partial charge in [-0.25, -0.2) is 9.97 Å². The fraction of sp³-hybridized carbons (Fsp3) is 0.500. The summed E-state index contributed by atoms with van der Waals surface area (Å²) in [6.45, 7) is 13.3. The van der Waals surface area contributed by atoms with Crippen molar-refractivity contribution in [3.05, 3.63) is 41.2 Å². The van der Waals surface area contributed by atoms with Gasteiger partial charge < -0.3 is 19.6 Å². The topological polar surface area (TPSA) is 55.8 Å². The predicted molar refractivity (Wildman–Crippen MR) is 117 cm³/mol. The number of rotatable bonds is 4. The molecule has 0 N–H and O–H groups in total. The third-order valence-corrected chi connectivity index (χ3v) is 6.12. The SMILES string of the molecule is Cc1nc(N2CCN(C=O)CC2)cc(N2CCN(c3cccc(C)c3C)CC2)n1. The fourth-order valence-corrected chi connectivity index (χ4v) is 4.17. The zero-order chi connectivity index (χ0) is 20.4. The lowest BCUT2D eigenvalue weighted by Gasteiger charge is -2.38. The Balaban J connectivity index is 1.45. The zero-order valence-electron chi connectivity index (χ0n) is 17.6. The summed E-state index contributed by atoms with van der Waals surface area (Å²) < 4.78 is 0. The molecule has 2 aliphatic heterocycles. The third-order valence-electron chi connectivity index (χ3n) is 6.12. The molecular formula is C22H30N6O. The molecule has 0 spiro atoms. The maximum Gasteiger partial charge on any atom is 0.209 e. The molecule has 2 aromatic rings.